The van der Waals surface area contributed by atoms with Gasteiger partial charge in [0.05, 0.1) is 11.6 Å². The number of aromatic nitrogens is 2. The summed E-state index contributed by atoms with van der Waals surface area (Å²) in [5, 5.41) is 7.90. The van der Waals surface area contributed by atoms with Crippen LogP contribution in [0.4, 0.5) is 4.79 Å². The number of carbonyl (C=O) groups is 1. The molecule has 4 rings (SSSR count). The Hall–Kier alpha value is -3.12. The number of amides is 2. The molecule has 0 bridgehead atoms. The molecule has 2 amide bonds. The lowest BCUT2D eigenvalue weighted by atomic mass is 9.94. The van der Waals surface area contributed by atoms with Gasteiger partial charge >= 0.3 is 6.03 Å². The van der Waals surface area contributed by atoms with E-state index in [1.165, 1.54) is 0 Å². The van der Waals surface area contributed by atoms with Gasteiger partial charge in [-0.15, -0.1) is 0 Å². The highest BCUT2D eigenvalue weighted by molar-refractivity contribution is 6.30. The van der Waals surface area contributed by atoms with Gasteiger partial charge in [0.1, 0.15) is 0 Å². The molecule has 0 fully saturated rings. The molecule has 31 heavy (non-hydrogen) atoms. The Labute approximate surface area is 186 Å². The van der Waals surface area contributed by atoms with Gasteiger partial charge in [-0.25, -0.2) is 4.79 Å². The maximum absolute atomic E-state index is 12.9. The number of carbonyl (C=O) groups excluding carboxylic acids is 1. The van der Waals surface area contributed by atoms with Gasteiger partial charge < -0.3 is 9.84 Å². The van der Waals surface area contributed by atoms with Crippen LogP contribution in [0.3, 0.4) is 0 Å². The fourth-order valence-corrected chi connectivity index (χ4v) is 3.88. The predicted molar refractivity (Wildman–Crippen MR) is 121 cm³/mol. The zero-order chi connectivity index (χ0) is 22.0. The van der Waals surface area contributed by atoms with Gasteiger partial charge in [-0.3, -0.25) is 4.90 Å². The third kappa shape index (κ3) is 4.49. The largest absolute Gasteiger partial charge is 0.334 e. The van der Waals surface area contributed by atoms with Crippen molar-refractivity contribution in [2.75, 3.05) is 6.54 Å². The van der Waals surface area contributed by atoms with Crippen molar-refractivity contribution in [3.05, 3.63) is 76.8 Å². The first-order valence-corrected chi connectivity index (χ1v) is 10.8. The molecule has 1 N–H and O–H groups in total. The molecular weight excluding hydrogens is 412 g/mol. The summed E-state index contributed by atoms with van der Waals surface area (Å²) in [6.07, 6.45) is 0.894. The van der Waals surface area contributed by atoms with Crippen molar-refractivity contribution >= 4 is 23.2 Å². The summed E-state index contributed by atoms with van der Waals surface area (Å²) in [6.45, 7) is 6.84. The molecule has 3 aromatic rings. The second-order valence-electron chi connectivity index (χ2n) is 8.06. The number of rotatable bonds is 6. The number of nitrogens with one attached hydrogen (secondary N) is 1. The third-order valence-electron chi connectivity index (χ3n) is 5.40. The van der Waals surface area contributed by atoms with Gasteiger partial charge in [0.25, 0.3) is 5.89 Å². The first-order chi connectivity index (χ1) is 14.9. The monoisotopic (exact) mass is 436 g/mol. The average molecular weight is 437 g/mol. The Morgan fingerprint density at radius 1 is 1.16 bits per heavy atom. The summed E-state index contributed by atoms with van der Waals surface area (Å²) in [4.78, 5) is 19.4. The zero-order valence-corrected chi connectivity index (χ0v) is 18.6. The van der Waals surface area contributed by atoms with Crippen molar-refractivity contribution < 1.29 is 9.32 Å². The average Bonchev–Trinajstić information content (AvgIpc) is 3.23. The second-order valence-corrected chi connectivity index (χ2v) is 8.50. The molecule has 6 nitrogen and oxygen atoms in total. The number of halogens is 1. The molecule has 2 aromatic carbocycles. The van der Waals surface area contributed by atoms with Crippen LogP contribution in [0.2, 0.25) is 5.02 Å². The Balaban J connectivity index is 1.78. The third-order valence-corrected chi connectivity index (χ3v) is 5.63. The van der Waals surface area contributed by atoms with Crippen LogP contribution in [0.15, 0.2) is 64.8 Å². The number of hydrogen-bond acceptors (Lipinski definition) is 4. The minimum atomic E-state index is -0.378. The zero-order valence-electron chi connectivity index (χ0n) is 17.8. The van der Waals surface area contributed by atoms with E-state index in [-0.39, 0.29) is 12.1 Å². The lowest BCUT2D eigenvalue weighted by Gasteiger charge is -2.35. The van der Waals surface area contributed by atoms with Crippen molar-refractivity contribution in [1.29, 1.82) is 0 Å². The maximum atomic E-state index is 12.9. The molecule has 1 atom stereocenters. The van der Waals surface area contributed by atoms with E-state index in [1.807, 2.05) is 49.4 Å². The highest BCUT2D eigenvalue weighted by atomic mass is 35.5. The van der Waals surface area contributed by atoms with E-state index >= 15 is 0 Å². The minimum absolute atomic E-state index is 0.120. The van der Waals surface area contributed by atoms with Crippen LogP contribution in [0.25, 0.3) is 17.0 Å². The van der Waals surface area contributed by atoms with Crippen LogP contribution >= 0.6 is 11.6 Å². The van der Waals surface area contributed by atoms with Crippen molar-refractivity contribution in [1.82, 2.24) is 20.4 Å². The van der Waals surface area contributed by atoms with Gasteiger partial charge in [-0.2, -0.15) is 4.98 Å². The molecule has 7 heteroatoms. The highest BCUT2D eigenvalue weighted by Crippen LogP contribution is 2.37. The van der Waals surface area contributed by atoms with E-state index in [2.05, 4.69) is 29.3 Å². The number of hydrogen-bond donors (Lipinski definition) is 1. The molecular formula is C24H25ClN4O2. The molecule has 1 aliphatic rings. The van der Waals surface area contributed by atoms with E-state index in [9.17, 15) is 4.79 Å². The summed E-state index contributed by atoms with van der Waals surface area (Å²) < 4.78 is 5.69. The molecule has 1 aromatic heterocycles. The van der Waals surface area contributed by atoms with E-state index in [1.54, 1.807) is 17.0 Å². The fourth-order valence-electron chi connectivity index (χ4n) is 3.69. The highest BCUT2D eigenvalue weighted by Gasteiger charge is 2.35. The molecule has 0 saturated heterocycles. The Kier molecular flexibility index (Phi) is 6.09. The lowest BCUT2D eigenvalue weighted by molar-refractivity contribution is 0.202. The first-order valence-electron chi connectivity index (χ1n) is 10.4. The van der Waals surface area contributed by atoms with E-state index in [0.717, 1.165) is 28.8 Å². The Morgan fingerprint density at radius 3 is 2.65 bits per heavy atom. The molecule has 0 spiro atoms. The topological polar surface area (TPSA) is 71.3 Å². The number of urea groups is 1. The molecule has 0 radical (unpaired) electrons. The maximum Gasteiger partial charge on any atom is 0.322 e. The normalized spacial score (nSPS) is 16.7. The molecule has 160 valence electrons. The van der Waals surface area contributed by atoms with Crippen LogP contribution in [-0.4, -0.2) is 27.6 Å². The second kappa shape index (κ2) is 8.94. The molecule has 0 aliphatic carbocycles. The van der Waals surface area contributed by atoms with Gasteiger partial charge in [0.2, 0.25) is 5.82 Å². The lowest BCUT2D eigenvalue weighted by Crippen LogP contribution is -2.46. The predicted octanol–water partition coefficient (Wildman–Crippen LogP) is 5.93. The van der Waals surface area contributed by atoms with E-state index in [4.69, 9.17) is 16.1 Å². The molecule has 1 aliphatic heterocycles. The Bertz CT molecular complexity index is 1110. The first kappa shape index (κ1) is 21.1. The van der Waals surface area contributed by atoms with Crippen LogP contribution in [0.5, 0.6) is 0 Å². The number of nitrogens with zero attached hydrogens (tertiary/aromatic N) is 3. The van der Waals surface area contributed by atoms with Crippen molar-refractivity contribution in [2.24, 2.45) is 5.92 Å². The van der Waals surface area contributed by atoms with Gasteiger partial charge in [-0.1, -0.05) is 73.1 Å². The van der Waals surface area contributed by atoms with Crippen LogP contribution in [-0.2, 0) is 0 Å². The summed E-state index contributed by atoms with van der Waals surface area (Å²) in [6, 6.07) is 16.6. The van der Waals surface area contributed by atoms with Crippen LogP contribution in [0.1, 0.15) is 44.7 Å². The summed E-state index contributed by atoms with van der Waals surface area (Å²) in [7, 11) is 0. The van der Waals surface area contributed by atoms with E-state index < -0.39 is 0 Å². The number of allylic oxidation sites excluding steroid dienone is 1. The summed E-state index contributed by atoms with van der Waals surface area (Å²) in [5.74, 6) is 1.32. The summed E-state index contributed by atoms with van der Waals surface area (Å²) in [5.41, 5.74) is 3.35. The minimum Gasteiger partial charge on any atom is -0.334 e. The van der Waals surface area contributed by atoms with Crippen LogP contribution in [0, 0.1) is 5.92 Å². The smallest absolute Gasteiger partial charge is 0.322 e. The van der Waals surface area contributed by atoms with Gasteiger partial charge in [-0.05, 0) is 37.0 Å². The summed E-state index contributed by atoms with van der Waals surface area (Å²) >= 11 is 6.12. The molecule has 2 heterocycles. The molecule has 1 unspecified atom stereocenters. The SMILES string of the molecule is CC1=C(c2nc(-c3cccc(Cl)c3)no2)C(c2ccccc2)NC(=O)N1CCC(C)C. The van der Waals surface area contributed by atoms with Crippen molar-refractivity contribution in [3.8, 4) is 11.4 Å². The van der Waals surface area contributed by atoms with Gasteiger partial charge in [0.15, 0.2) is 0 Å². The van der Waals surface area contributed by atoms with Crippen molar-refractivity contribution in [2.45, 2.75) is 33.2 Å². The van der Waals surface area contributed by atoms with Crippen LogP contribution < -0.4 is 5.32 Å². The van der Waals surface area contributed by atoms with Crippen molar-refractivity contribution in [3.63, 3.8) is 0 Å². The number of benzene rings is 2. The fraction of sp³-hybridized carbons (Fsp3) is 0.292. The molecule has 0 saturated carbocycles. The Morgan fingerprint density at radius 2 is 1.94 bits per heavy atom. The van der Waals surface area contributed by atoms with E-state index in [0.29, 0.717) is 29.2 Å². The quantitative estimate of drug-likeness (QED) is 0.519. The van der Waals surface area contributed by atoms with Gasteiger partial charge in [0, 0.05) is 22.8 Å². The standard InChI is InChI=1S/C24H25ClN4O2/c1-15(2)12-13-29-16(3)20(21(26-24(29)30)17-8-5-4-6-9-17)23-27-22(28-31-23)18-10-7-11-19(25)14-18/h4-11,14-15,21H,12-13H2,1-3H3,(H,26,30).